The quantitative estimate of drug-likeness (QED) is 0.829. The molecular weight excluding hydrogens is 328 g/mol. The van der Waals surface area contributed by atoms with Gasteiger partial charge in [-0.15, -0.1) is 11.3 Å². The summed E-state index contributed by atoms with van der Waals surface area (Å²) >= 11 is 6.73. The van der Waals surface area contributed by atoms with Gasteiger partial charge in [-0.05, 0) is 30.4 Å². The van der Waals surface area contributed by atoms with Crippen LogP contribution in [0.25, 0.3) is 11.8 Å². The van der Waals surface area contributed by atoms with Crippen LogP contribution in [-0.2, 0) is 0 Å². The molecule has 1 aliphatic heterocycles. The molecule has 0 radical (unpaired) electrons. The summed E-state index contributed by atoms with van der Waals surface area (Å²) < 4.78 is 2.17. The molecule has 0 saturated heterocycles. The Morgan fingerprint density at radius 2 is 2.13 bits per heavy atom. The number of hydrogen-bond acceptors (Lipinski definition) is 6. The van der Waals surface area contributed by atoms with E-state index in [-0.39, 0.29) is 11.3 Å². The van der Waals surface area contributed by atoms with Crippen molar-refractivity contribution < 1.29 is 5.11 Å². The predicted octanol–water partition coefficient (Wildman–Crippen LogP) is 4.24. The molecule has 0 atom stereocenters. The van der Waals surface area contributed by atoms with E-state index in [9.17, 15) is 5.11 Å². The van der Waals surface area contributed by atoms with Crippen molar-refractivity contribution >= 4 is 41.6 Å². The number of pyridine rings is 1. The van der Waals surface area contributed by atoms with Crippen molar-refractivity contribution in [2.75, 3.05) is 0 Å². The lowest BCUT2D eigenvalue weighted by molar-refractivity contribution is 0.441. The summed E-state index contributed by atoms with van der Waals surface area (Å²) in [6.07, 6.45) is 6.93. The van der Waals surface area contributed by atoms with Crippen molar-refractivity contribution in [3.8, 4) is 11.6 Å². The molecule has 23 heavy (non-hydrogen) atoms. The van der Waals surface area contributed by atoms with E-state index in [4.69, 9.17) is 12.2 Å². The summed E-state index contributed by atoms with van der Waals surface area (Å²) in [5.74, 6) is 0.106. The molecule has 7 heteroatoms. The molecule has 0 bridgehead atoms. The number of aromatic nitrogens is 2. The SMILES string of the molecule is CC(C)(C)C1=NN=CC1=Cc1sc(=S)n(-c2cccnc2)c1O. The largest absolute Gasteiger partial charge is 0.493 e. The highest BCUT2D eigenvalue weighted by atomic mass is 32.1. The highest BCUT2D eigenvalue weighted by Gasteiger charge is 2.25. The molecule has 1 aliphatic rings. The van der Waals surface area contributed by atoms with Crippen molar-refractivity contribution in [1.29, 1.82) is 0 Å². The maximum Gasteiger partial charge on any atom is 0.215 e. The molecule has 1 N–H and O–H groups in total. The Labute approximate surface area is 143 Å². The Morgan fingerprint density at radius 3 is 2.78 bits per heavy atom. The van der Waals surface area contributed by atoms with Gasteiger partial charge in [-0.25, -0.2) is 0 Å². The second kappa shape index (κ2) is 5.82. The van der Waals surface area contributed by atoms with E-state index in [1.54, 1.807) is 29.2 Å². The minimum Gasteiger partial charge on any atom is -0.493 e. The van der Waals surface area contributed by atoms with Gasteiger partial charge in [0, 0.05) is 17.2 Å². The van der Waals surface area contributed by atoms with Crippen LogP contribution in [0.3, 0.4) is 0 Å². The fourth-order valence-electron chi connectivity index (χ4n) is 2.29. The molecule has 0 aliphatic carbocycles. The van der Waals surface area contributed by atoms with Crippen LogP contribution in [0.4, 0.5) is 0 Å². The van der Waals surface area contributed by atoms with Crippen LogP contribution < -0.4 is 0 Å². The number of rotatable bonds is 2. The molecular formula is C16H16N4OS2. The molecule has 0 unspecified atom stereocenters. The van der Waals surface area contributed by atoms with Crippen LogP contribution in [0.5, 0.6) is 5.88 Å². The molecule has 0 saturated carbocycles. The van der Waals surface area contributed by atoms with E-state index >= 15 is 0 Å². The molecule has 5 nitrogen and oxygen atoms in total. The van der Waals surface area contributed by atoms with E-state index in [1.807, 2.05) is 12.1 Å². The van der Waals surface area contributed by atoms with E-state index in [0.29, 0.717) is 8.83 Å². The van der Waals surface area contributed by atoms with Gasteiger partial charge in [0.1, 0.15) is 0 Å². The van der Waals surface area contributed by atoms with Gasteiger partial charge in [-0.3, -0.25) is 9.55 Å². The topological polar surface area (TPSA) is 62.8 Å². The van der Waals surface area contributed by atoms with Crippen LogP contribution in [0.1, 0.15) is 25.6 Å². The first-order valence-electron chi connectivity index (χ1n) is 7.07. The third-order valence-corrected chi connectivity index (χ3v) is 4.65. The van der Waals surface area contributed by atoms with Crippen LogP contribution in [0, 0.1) is 9.37 Å². The van der Waals surface area contributed by atoms with Crippen molar-refractivity contribution in [3.63, 3.8) is 0 Å². The Morgan fingerprint density at radius 1 is 1.35 bits per heavy atom. The Balaban J connectivity index is 2.07. The van der Waals surface area contributed by atoms with Crippen molar-refractivity contribution in [3.05, 3.63) is 38.9 Å². The van der Waals surface area contributed by atoms with Gasteiger partial charge in [0.05, 0.1) is 28.7 Å². The van der Waals surface area contributed by atoms with E-state index in [1.165, 1.54) is 11.3 Å². The van der Waals surface area contributed by atoms with Crippen molar-refractivity contribution in [2.45, 2.75) is 20.8 Å². The van der Waals surface area contributed by atoms with Gasteiger partial charge in [-0.2, -0.15) is 10.2 Å². The lowest BCUT2D eigenvalue weighted by Gasteiger charge is -2.18. The molecule has 0 aromatic carbocycles. The minimum atomic E-state index is -0.120. The number of hydrogen-bond donors (Lipinski definition) is 1. The average Bonchev–Trinajstić information content (AvgIpc) is 3.05. The molecule has 2 aromatic rings. The molecule has 0 spiro atoms. The van der Waals surface area contributed by atoms with Gasteiger partial charge < -0.3 is 5.11 Å². The number of allylic oxidation sites excluding steroid dienone is 1. The lowest BCUT2D eigenvalue weighted by Crippen LogP contribution is -2.20. The summed E-state index contributed by atoms with van der Waals surface area (Å²) in [6, 6.07) is 3.66. The molecule has 0 fully saturated rings. The maximum atomic E-state index is 10.6. The summed E-state index contributed by atoms with van der Waals surface area (Å²) in [5, 5.41) is 18.8. The second-order valence-electron chi connectivity index (χ2n) is 6.15. The average molecular weight is 344 g/mol. The van der Waals surface area contributed by atoms with Crippen molar-refractivity contribution in [1.82, 2.24) is 9.55 Å². The summed E-state index contributed by atoms with van der Waals surface area (Å²) in [6.45, 7) is 6.24. The van der Waals surface area contributed by atoms with Crippen molar-refractivity contribution in [2.24, 2.45) is 15.6 Å². The zero-order chi connectivity index (χ0) is 16.6. The van der Waals surface area contributed by atoms with Gasteiger partial charge in [0.2, 0.25) is 5.88 Å². The maximum absolute atomic E-state index is 10.6. The monoisotopic (exact) mass is 344 g/mol. The summed E-state index contributed by atoms with van der Waals surface area (Å²) in [7, 11) is 0. The predicted molar refractivity (Wildman–Crippen MR) is 97.3 cm³/mol. The molecule has 3 heterocycles. The fourth-order valence-corrected chi connectivity index (χ4v) is 3.59. The first kappa shape index (κ1) is 15.8. The van der Waals surface area contributed by atoms with E-state index in [2.05, 4.69) is 36.0 Å². The van der Waals surface area contributed by atoms with Gasteiger partial charge in [-0.1, -0.05) is 20.8 Å². The van der Waals surface area contributed by atoms with E-state index in [0.717, 1.165) is 17.0 Å². The standard InChI is InChI=1S/C16H16N4OS2/c1-16(2,3)13-10(8-18-19-13)7-12-14(21)20(15(22)23-12)11-5-4-6-17-9-11/h4-9,21H,1-3H3. The Bertz CT molecular complexity index is 883. The minimum absolute atomic E-state index is 0.106. The highest BCUT2D eigenvalue weighted by Crippen LogP contribution is 2.33. The second-order valence-corrected chi connectivity index (χ2v) is 7.82. The summed E-state index contributed by atoms with van der Waals surface area (Å²) in [5.41, 5.74) is 2.40. The zero-order valence-corrected chi connectivity index (χ0v) is 14.6. The fraction of sp³-hybridized carbons (Fsp3) is 0.250. The normalized spacial score (nSPS) is 16.1. The van der Waals surface area contributed by atoms with Gasteiger partial charge in [0.25, 0.3) is 0 Å². The Kier molecular flexibility index (Phi) is 3.99. The van der Waals surface area contributed by atoms with Crippen LogP contribution in [-0.4, -0.2) is 26.6 Å². The Hall–Kier alpha value is -2.12. The zero-order valence-electron chi connectivity index (χ0n) is 13.0. The van der Waals surface area contributed by atoms with Crippen LogP contribution >= 0.6 is 23.6 Å². The van der Waals surface area contributed by atoms with Crippen LogP contribution in [0.15, 0.2) is 40.3 Å². The summed E-state index contributed by atoms with van der Waals surface area (Å²) in [4.78, 5) is 4.75. The van der Waals surface area contributed by atoms with Gasteiger partial charge in [0.15, 0.2) is 3.95 Å². The molecule has 3 rings (SSSR count). The molecule has 0 amide bonds. The third kappa shape index (κ3) is 3.02. The van der Waals surface area contributed by atoms with E-state index < -0.39 is 0 Å². The molecule has 2 aromatic heterocycles. The lowest BCUT2D eigenvalue weighted by atomic mass is 9.86. The molecule has 118 valence electrons. The first-order valence-corrected chi connectivity index (χ1v) is 8.29. The third-order valence-electron chi connectivity index (χ3n) is 3.34. The highest BCUT2D eigenvalue weighted by molar-refractivity contribution is 7.73. The number of thiazole rings is 1. The van der Waals surface area contributed by atoms with Gasteiger partial charge >= 0.3 is 0 Å². The number of aromatic hydroxyl groups is 1. The number of nitrogens with zero attached hydrogens (tertiary/aromatic N) is 4. The first-order chi connectivity index (χ1) is 10.9. The van der Waals surface area contributed by atoms with Crippen LogP contribution in [0.2, 0.25) is 0 Å². The smallest absolute Gasteiger partial charge is 0.215 e.